The number of carbonyl (C=O) groups is 2. The Hall–Kier alpha value is -5.54. The smallest absolute Gasteiger partial charge is 0.269 e. The number of thiophene rings is 1. The zero-order chi connectivity index (χ0) is 34.5. The van der Waals surface area contributed by atoms with Crippen LogP contribution in [-0.2, 0) is 11.3 Å². The van der Waals surface area contributed by atoms with Crippen LogP contribution in [0.15, 0.2) is 94.5 Å². The highest BCUT2D eigenvalue weighted by molar-refractivity contribution is 7.99. The third-order valence-electron chi connectivity index (χ3n) is 7.80. The summed E-state index contributed by atoms with van der Waals surface area (Å²) in [6.07, 6.45) is 0.585. The number of carbonyl (C=O) groups excluding carboxylic acids is 2. The summed E-state index contributed by atoms with van der Waals surface area (Å²) in [5.41, 5.74) is 3.71. The second-order valence-corrected chi connectivity index (χ2v) is 12.9. The third kappa shape index (κ3) is 7.47. The number of benzene rings is 3. The molecule has 0 saturated heterocycles. The average molecular weight is 698 g/mol. The molecule has 0 saturated carbocycles. The Morgan fingerprint density at radius 2 is 1.73 bits per heavy atom. The molecule has 49 heavy (non-hydrogen) atoms. The fourth-order valence-corrected chi connectivity index (χ4v) is 6.81. The van der Waals surface area contributed by atoms with E-state index in [-0.39, 0.29) is 29.9 Å². The number of aromatic nitrogens is 3. The van der Waals surface area contributed by atoms with E-state index in [4.69, 9.17) is 14.6 Å². The summed E-state index contributed by atoms with van der Waals surface area (Å²) < 4.78 is 12.2. The van der Waals surface area contributed by atoms with Crippen LogP contribution in [0.2, 0.25) is 0 Å². The number of amides is 2. The second-order valence-electron chi connectivity index (χ2n) is 11.0. The summed E-state index contributed by atoms with van der Waals surface area (Å²) in [5, 5.41) is 31.5. The van der Waals surface area contributed by atoms with Crippen molar-refractivity contribution in [2.24, 2.45) is 5.10 Å². The maximum absolute atomic E-state index is 13.8. The van der Waals surface area contributed by atoms with Gasteiger partial charge in [0.2, 0.25) is 0 Å². The first-order chi connectivity index (χ1) is 23.7. The van der Waals surface area contributed by atoms with Crippen molar-refractivity contribution in [3.63, 3.8) is 0 Å². The number of nitro groups is 1. The molecule has 0 fully saturated rings. The Balaban J connectivity index is 1.25. The predicted molar refractivity (Wildman–Crippen MR) is 186 cm³/mol. The first-order valence-corrected chi connectivity index (χ1v) is 16.9. The number of nitro benzene ring substituents is 1. The van der Waals surface area contributed by atoms with Crippen LogP contribution in [0.3, 0.4) is 0 Å². The Kier molecular flexibility index (Phi) is 10.0. The molecule has 13 nitrogen and oxygen atoms in total. The summed E-state index contributed by atoms with van der Waals surface area (Å²) in [5.74, 6) is 0.624. The van der Waals surface area contributed by atoms with Gasteiger partial charge in [0.15, 0.2) is 11.0 Å². The lowest BCUT2D eigenvalue weighted by Gasteiger charge is -2.22. The fourth-order valence-electron chi connectivity index (χ4n) is 5.26. The number of thioether (sulfide) groups is 1. The molecule has 1 aliphatic heterocycles. The molecule has 0 spiro atoms. The topological polar surface area (TPSA) is 154 Å². The summed E-state index contributed by atoms with van der Waals surface area (Å²) >= 11 is 2.74. The molecule has 5 aromatic rings. The van der Waals surface area contributed by atoms with Crippen LogP contribution in [0.25, 0.3) is 5.69 Å². The van der Waals surface area contributed by atoms with Gasteiger partial charge in [-0.05, 0) is 48.2 Å². The van der Waals surface area contributed by atoms with Crippen LogP contribution >= 0.6 is 23.1 Å². The number of hydrogen-bond donors (Lipinski definition) is 1. The summed E-state index contributed by atoms with van der Waals surface area (Å²) in [7, 11) is 2.99. The van der Waals surface area contributed by atoms with Crippen molar-refractivity contribution in [2.45, 2.75) is 31.1 Å². The maximum atomic E-state index is 13.8. The summed E-state index contributed by atoms with van der Waals surface area (Å²) in [6, 6.07) is 22.5. The number of hydrazone groups is 1. The van der Waals surface area contributed by atoms with Gasteiger partial charge in [0, 0.05) is 35.9 Å². The van der Waals surface area contributed by atoms with Gasteiger partial charge in [-0.2, -0.15) is 5.10 Å². The van der Waals surface area contributed by atoms with Crippen LogP contribution in [0, 0.1) is 17.0 Å². The first-order valence-electron chi connectivity index (χ1n) is 15.1. The van der Waals surface area contributed by atoms with Gasteiger partial charge in [-0.3, -0.25) is 24.3 Å². The van der Waals surface area contributed by atoms with Gasteiger partial charge >= 0.3 is 0 Å². The quantitative estimate of drug-likeness (QED) is 0.0945. The Morgan fingerprint density at radius 3 is 2.37 bits per heavy atom. The van der Waals surface area contributed by atoms with Crippen molar-refractivity contribution >= 4 is 46.3 Å². The number of non-ortho nitro benzene ring substituents is 1. The SMILES string of the molecule is COc1cc(OC)cc(C(=O)NCc2nnc(SCC(=O)N3N=C(c4cccs4)C[C@@H]3c3ccc(C)cc3)n2-c2ccc([N+](=O)[O-])cc2)c1. The molecule has 2 aromatic heterocycles. The normalized spacial score (nSPS) is 14.0. The van der Waals surface area contributed by atoms with Crippen molar-refractivity contribution < 1.29 is 24.0 Å². The molecule has 0 unspecified atom stereocenters. The molecule has 0 radical (unpaired) electrons. The number of aryl methyl sites for hydroxylation is 1. The molecule has 3 heterocycles. The van der Waals surface area contributed by atoms with Crippen LogP contribution in [0.1, 0.15) is 44.6 Å². The molecule has 0 bridgehead atoms. The highest BCUT2D eigenvalue weighted by Crippen LogP contribution is 2.35. The van der Waals surface area contributed by atoms with Crippen molar-refractivity contribution in [1.82, 2.24) is 25.1 Å². The van der Waals surface area contributed by atoms with E-state index >= 15 is 0 Å². The molecular formula is C34H31N7O6S2. The molecule has 1 aliphatic rings. The number of hydrogen-bond acceptors (Lipinski definition) is 11. The number of ether oxygens (including phenoxy) is 2. The van der Waals surface area contributed by atoms with E-state index in [1.54, 1.807) is 51.2 Å². The van der Waals surface area contributed by atoms with E-state index in [2.05, 4.69) is 15.5 Å². The van der Waals surface area contributed by atoms with Crippen molar-refractivity contribution in [3.8, 4) is 17.2 Å². The lowest BCUT2D eigenvalue weighted by Crippen LogP contribution is -2.28. The van der Waals surface area contributed by atoms with Gasteiger partial charge < -0.3 is 14.8 Å². The molecular weight excluding hydrogens is 667 g/mol. The minimum absolute atomic E-state index is 0.00927. The van der Waals surface area contributed by atoms with Gasteiger partial charge in [0.25, 0.3) is 17.5 Å². The lowest BCUT2D eigenvalue weighted by atomic mass is 10.00. The predicted octanol–water partition coefficient (Wildman–Crippen LogP) is 5.96. The van der Waals surface area contributed by atoms with Crippen LogP contribution < -0.4 is 14.8 Å². The largest absolute Gasteiger partial charge is 0.497 e. The van der Waals surface area contributed by atoms with E-state index in [1.807, 2.05) is 48.7 Å². The fraction of sp³-hybridized carbons (Fsp3) is 0.206. The minimum atomic E-state index is -0.487. The first kappa shape index (κ1) is 33.4. The van der Waals surface area contributed by atoms with E-state index in [0.29, 0.717) is 40.2 Å². The Bertz CT molecular complexity index is 1990. The van der Waals surface area contributed by atoms with Crippen LogP contribution in [-0.4, -0.2) is 62.2 Å². The van der Waals surface area contributed by atoms with Gasteiger partial charge in [0.1, 0.15) is 11.5 Å². The van der Waals surface area contributed by atoms with Crippen molar-refractivity contribution in [1.29, 1.82) is 0 Å². The van der Waals surface area contributed by atoms with E-state index in [0.717, 1.165) is 33.5 Å². The Morgan fingerprint density at radius 1 is 1.02 bits per heavy atom. The lowest BCUT2D eigenvalue weighted by molar-refractivity contribution is -0.384. The van der Waals surface area contributed by atoms with Crippen LogP contribution in [0.5, 0.6) is 11.5 Å². The van der Waals surface area contributed by atoms with Gasteiger partial charge in [0.05, 0.1) is 48.1 Å². The molecule has 3 aromatic carbocycles. The number of nitrogens with zero attached hydrogens (tertiary/aromatic N) is 6. The molecule has 2 amide bonds. The van der Waals surface area contributed by atoms with Gasteiger partial charge in [-0.25, -0.2) is 5.01 Å². The van der Waals surface area contributed by atoms with E-state index in [1.165, 1.54) is 26.4 Å². The number of nitrogens with one attached hydrogen (secondary N) is 1. The number of rotatable bonds is 12. The summed E-state index contributed by atoms with van der Waals surface area (Å²) in [4.78, 5) is 38.8. The zero-order valence-corrected chi connectivity index (χ0v) is 28.4. The Labute approximate surface area is 289 Å². The van der Waals surface area contributed by atoms with Crippen molar-refractivity contribution in [3.05, 3.63) is 122 Å². The minimum Gasteiger partial charge on any atom is -0.497 e. The standard InChI is InChI=1S/C34H31N7O6S2/c1-21-6-8-22(9-7-21)29-18-28(30-5-4-14-48-30)38-40(29)32(42)20-49-34-37-36-31(39(34)24-10-12-25(13-11-24)41(44)45)19-35-33(43)23-15-26(46-2)17-27(16-23)47-3/h4-17,29H,18-20H2,1-3H3,(H,35,43)/t29-/m1/s1. The molecule has 0 aliphatic carbocycles. The van der Waals surface area contributed by atoms with Gasteiger partial charge in [-0.15, -0.1) is 21.5 Å². The average Bonchev–Trinajstić information content (AvgIpc) is 3.90. The highest BCUT2D eigenvalue weighted by Gasteiger charge is 2.33. The molecule has 1 atom stereocenters. The zero-order valence-electron chi connectivity index (χ0n) is 26.7. The van der Waals surface area contributed by atoms with Crippen molar-refractivity contribution in [2.75, 3.05) is 20.0 Å². The highest BCUT2D eigenvalue weighted by atomic mass is 32.2. The third-order valence-corrected chi connectivity index (χ3v) is 9.63. The molecule has 250 valence electrons. The molecule has 1 N–H and O–H groups in total. The summed E-state index contributed by atoms with van der Waals surface area (Å²) in [6.45, 7) is 1.98. The molecule has 15 heteroatoms. The van der Waals surface area contributed by atoms with E-state index in [9.17, 15) is 19.7 Å². The second kappa shape index (κ2) is 14.7. The maximum Gasteiger partial charge on any atom is 0.269 e. The van der Waals surface area contributed by atoms with Crippen LogP contribution in [0.4, 0.5) is 5.69 Å². The van der Waals surface area contributed by atoms with E-state index < -0.39 is 10.8 Å². The molecule has 6 rings (SSSR count). The number of methoxy groups -OCH3 is 2. The monoisotopic (exact) mass is 697 g/mol. The van der Waals surface area contributed by atoms with Gasteiger partial charge in [-0.1, -0.05) is 47.7 Å².